The third-order valence-electron chi connectivity index (χ3n) is 6.50. The van der Waals surface area contributed by atoms with Crippen LogP contribution in [-0.2, 0) is 24.6 Å². The fraction of sp³-hybridized carbons (Fsp3) is 0.172. The molecule has 1 aliphatic rings. The summed E-state index contributed by atoms with van der Waals surface area (Å²) in [7, 11) is -7.90. The van der Waals surface area contributed by atoms with Crippen LogP contribution in [0.25, 0.3) is 23.0 Å². The molecule has 1 saturated heterocycles. The van der Waals surface area contributed by atoms with Crippen molar-refractivity contribution in [2.75, 3.05) is 26.3 Å². The van der Waals surface area contributed by atoms with E-state index in [1.54, 1.807) is 35.1 Å². The number of aryl methyl sites for hydroxylation is 1. The van der Waals surface area contributed by atoms with E-state index in [0.717, 1.165) is 5.56 Å². The highest BCUT2D eigenvalue weighted by Crippen LogP contribution is 2.30. The van der Waals surface area contributed by atoms with E-state index in [0.29, 0.717) is 35.7 Å². The average molecular weight is 575 g/mol. The molecule has 4 aromatic rings. The summed E-state index contributed by atoms with van der Waals surface area (Å²) in [6.07, 6.45) is 2.90. The number of hydrogen-bond donors (Lipinski definition) is 0. The van der Waals surface area contributed by atoms with Gasteiger partial charge >= 0.3 is 0 Å². The van der Waals surface area contributed by atoms with Crippen LogP contribution in [0.5, 0.6) is 0 Å². The molecule has 0 atom stereocenters. The standard InChI is InChI=1S/C29H26N4O5S2/c1-22-10-12-26(13-11-22)39(34,35)28(20-30)19-24-21-33(25-7-3-2-4-8-25)31-29(24)23-6-5-9-27(18-23)40(36,37)32-14-16-38-17-15-32/h2-13,18-19,21H,14-17H2,1H3. The number of allylic oxidation sites excluding steroid dienone is 1. The highest BCUT2D eigenvalue weighted by atomic mass is 32.2. The predicted octanol–water partition coefficient (Wildman–Crippen LogP) is 4.21. The topological polar surface area (TPSA) is 122 Å². The third-order valence-corrected chi connectivity index (χ3v) is 10.1. The van der Waals surface area contributed by atoms with Gasteiger partial charge < -0.3 is 4.74 Å². The Kier molecular flexibility index (Phi) is 7.69. The molecule has 0 aliphatic carbocycles. The van der Waals surface area contributed by atoms with Gasteiger partial charge in [0.15, 0.2) is 0 Å². The van der Waals surface area contributed by atoms with Crippen molar-refractivity contribution in [2.45, 2.75) is 16.7 Å². The molecule has 0 unspecified atom stereocenters. The van der Waals surface area contributed by atoms with Crippen molar-refractivity contribution < 1.29 is 21.6 Å². The Hall–Kier alpha value is -4.08. The van der Waals surface area contributed by atoms with E-state index in [2.05, 4.69) is 5.10 Å². The van der Waals surface area contributed by atoms with Gasteiger partial charge in [-0.1, -0.05) is 48.0 Å². The molecule has 1 fully saturated rings. The largest absolute Gasteiger partial charge is 0.379 e. The number of para-hydroxylation sites is 1. The molecule has 40 heavy (non-hydrogen) atoms. The molecule has 3 aromatic carbocycles. The fourth-order valence-corrected chi connectivity index (χ4v) is 6.93. The van der Waals surface area contributed by atoms with Gasteiger partial charge in [-0.3, -0.25) is 0 Å². The molecule has 0 bridgehead atoms. The Labute approximate surface area is 233 Å². The molecule has 0 radical (unpaired) electrons. The SMILES string of the molecule is Cc1ccc(S(=O)(=O)C(C#N)=Cc2cn(-c3ccccc3)nc2-c2cccc(S(=O)(=O)N3CCOCC3)c2)cc1. The number of nitrogens with zero attached hydrogens (tertiary/aromatic N) is 4. The van der Waals surface area contributed by atoms with Crippen molar-refractivity contribution in [3.63, 3.8) is 0 Å². The van der Waals surface area contributed by atoms with Crippen molar-refractivity contribution in [1.29, 1.82) is 5.26 Å². The summed E-state index contributed by atoms with van der Waals surface area (Å²) >= 11 is 0. The molecular formula is C29H26N4O5S2. The Balaban J connectivity index is 1.64. The Morgan fingerprint density at radius 2 is 1.62 bits per heavy atom. The van der Waals surface area contributed by atoms with Crippen LogP contribution in [-0.4, -0.2) is 57.2 Å². The maximum absolute atomic E-state index is 13.4. The molecule has 1 aromatic heterocycles. The zero-order valence-electron chi connectivity index (χ0n) is 21.6. The van der Waals surface area contributed by atoms with E-state index < -0.39 is 24.8 Å². The van der Waals surface area contributed by atoms with Gasteiger partial charge in [-0.15, -0.1) is 0 Å². The zero-order valence-corrected chi connectivity index (χ0v) is 23.3. The van der Waals surface area contributed by atoms with Crippen molar-refractivity contribution in [2.24, 2.45) is 0 Å². The summed E-state index contributed by atoms with van der Waals surface area (Å²) in [5, 5.41) is 14.6. The number of sulfonamides is 1. The van der Waals surface area contributed by atoms with Crippen LogP contribution in [0.3, 0.4) is 0 Å². The summed E-state index contributed by atoms with van der Waals surface area (Å²) in [6.45, 7) is 3.00. The first-order valence-corrected chi connectivity index (χ1v) is 15.4. The van der Waals surface area contributed by atoms with Gasteiger partial charge in [-0.05, 0) is 49.4 Å². The van der Waals surface area contributed by atoms with E-state index >= 15 is 0 Å². The van der Waals surface area contributed by atoms with Gasteiger partial charge in [-0.2, -0.15) is 14.7 Å². The van der Waals surface area contributed by atoms with E-state index in [1.165, 1.54) is 34.6 Å². The van der Waals surface area contributed by atoms with Gasteiger partial charge in [-0.25, -0.2) is 21.5 Å². The van der Waals surface area contributed by atoms with E-state index in [9.17, 15) is 22.1 Å². The van der Waals surface area contributed by atoms with Crippen LogP contribution in [0.15, 0.2) is 99.8 Å². The first-order chi connectivity index (χ1) is 19.2. The molecule has 0 N–H and O–H groups in total. The first kappa shape index (κ1) is 27.5. The molecule has 11 heteroatoms. The Bertz CT molecular complexity index is 1820. The lowest BCUT2D eigenvalue weighted by Crippen LogP contribution is -2.40. The van der Waals surface area contributed by atoms with Crippen molar-refractivity contribution in [3.05, 3.63) is 101 Å². The maximum Gasteiger partial charge on any atom is 0.243 e. The van der Waals surface area contributed by atoms with Crippen molar-refractivity contribution in [1.82, 2.24) is 14.1 Å². The van der Waals surface area contributed by atoms with Crippen LogP contribution in [0.4, 0.5) is 0 Å². The van der Waals surface area contributed by atoms with Crippen LogP contribution >= 0.6 is 0 Å². The Morgan fingerprint density at radius 3 is 2.30 bits per heavy atom. The van der Waals surface area contributed by atoms with E-state index in [1.807, 2.05) is 43.3 Å². The minimum absolute atomic E-state index is 0.00139. The lowest BCUT2D eigenvalue weighted by atomic mass is 10.1. The summed E-state index contributed by atoms with van der Waals surface area (Å²) in [4.78, 5) is -0.368. The zero-order chi connectivity index (χ0) is 28.3. The highest BCUT2D eigenvalue weighted by Gasteiger charge is 2.27. The maximum atomic E-state index is 13.4. The van der Waals surface area contributed by atoms with Gasteiger partial charge in [0, 0.05) is 30.4 Å². The molecular weight excluding hydrogens is 548 g/mol. The number of nitriles is 1. The lowest BCUT2D eigenvalue weighted by molar-refractivity contribution is 0.0730. The van der Waals surface area contributed by atoms with E-state index in [4.69, 9.17) is 4.74 Å². The molecule has 0 saturated carbocycles. The normalized spacial score (nSPS) is 15.1. The van der Waals surface area contributed by atoms with Crippen LogP contribution in [0, 0.1) is 18.3 Å². The predicted molar refractivity (Wildman–Crippen MR) is 151 cm³/mol. The molecule has 9 nitrogen and oxygen atoms in total. The third kappa shape index (κ3) is 5.48. The second-order valence-corrected chi connectivity index (χ2v) is 13.1. The smallest absolute Gasteiger partial charge is 0.243 e. The number of sulfone groups is 1. The number of hydrogen-bond acceptors (Lipinski definition) is 7. The quantitative estimate of drug-likeness (QED) is 0.303. The second kappa shape index (κ2) is 11.2. The Morgan fingerprint density at radius 1 is 0.925 bits per heavy atom. The number of morpholine rings is 1. The minimum atomic E-state index is -4.12. The molecule has 204 valence electrons. The number of rotatable bonds is 7. The van der Waals surface area contributed by atoms with Crippen LogP contribution in [0.1, 0.15) is 11.1 Å². The number of ether oxygens (including phenoxy) is 1. The summed E-state index contributed by atoms with van der Waals surface area (Å²) in [5.41, 5.74) is 2.73. The minimum Gasteiger partial charge on any atom is -0.379 e. The molecule has 0 amide bonds. The number of benzene rings is 3. The molecule has 0 spiro atoms. The summed E-state index contributed by atoms with van der Waals surface area (Å²) < 4.78 is 61.6. The van der Waals surface area contributed by atoms with Gasteiger partial charge in [0.2, 0.25) is 19.9 Å². The fourth-order valence-electron chi connectivity index (χ4n) is 4.33. The average Bonchev–Trinajstić information content (AvgIpc) is 3.41. The van der Waals surface area contributed by atoms with Crippen LogP contribution < -0.4 is 0 Å². The second-order valence-electron chi connectivity index (χ2n) is 9.19. The summed E-state index contributed by atoms with van der Waals surface area (Å²) in [5.74, 6) is 0. The van der Waals surface area contributed by atoms with E-state index in [-0.39, 0.29) is 22.9 Å². The molecule has 5 rings (SSSR count). The number of aromatic nitrogens is 2. The highest BCUT2D eigenvalue weighted by molar-refractivity contribution is 7.95. The lowest BCUT2D eigenvalue weighted by Gasteiger charge is -2.26. The first-order valence-electron chi connectivity index (χ1n) is 12.5. The monoisotopic (exact) mass is 574 g/mol. The van der Waals surface area contributed by atoms with Crippen molar-refractivity contribution >= 4 is 25.9 Å². The van der Waals surface area contributed by atoms with Gasteiger partial charge in [0.05, 0.1) is 28.7 Å². The van der Waals surface area contributed by atoms with Crippen molar-refractivity contribution in [3.8, 4) is 23.0 Å². The van der Waals surface area contributed by atoms with Crippen LogP contribution in [0.2, 0.25) is 0 Å². The molecule has 2 heterocycles. The summed E-state index contributed by atoms with van der Waals surface area (Å²) in [6, 6.07) is 23.6. The van der Waals surface area contributed by atoms with Gasteiger partial charge in [0.1, 0.15) is 16.7 Å². The van der Waals surface area contributed by atoms with Gasteiger partial charge in [0.25, 0.3) is 0 Å². The molecule has 1 aliphatic heterocycles.